The Balaban J connectivity index is 0. The summed E-state index contributed by atoms with van der Waals surface area (Å²) < 4.78 is 0. The minimum absolute atomic E-state index is 0. The largest absolute Gasteiger partial charge is 1.00 e. The molecule has 0 aromatic rings. The predicted octanol–water partition coefficient (Wildman–Crippen LogP) is -4.78. The zero-order chi connectivity index (χ0) is 0. The molecule has 2 N–H and O–H groups in total. The molecule has 0 aliphatic rings. The third-order valence-electron chi connectivity index (χ3n) is 0. The van der Waals surface area contributed by atoms with Gasteiger partial charge in [0.1, 0.15) is 0 Å². The zero-order valence-electron chi connectivity index (χ0n) is 3.00. The Morgan fingerprint density at radius 3 is 1.25 bits per heavy atom. The van der Waals surface area contributed by atoms with E-state index in [1.165, 1.54) is 0 Å². The fourth-order valence-electron chi connectivity index (χ4n) is 0. The summed E-state index contributed by atoms with van der Waals surface area (Å²) in [5.41, 5.74) is 0. The van der Waals surface area contributed by atoms with Gasteiger partial charge >= 0.3 is 18.9 Å². The fraction of sp³-hybridized carbons (Fsp3) is 0. The summed E-state index contributed by atoms with van der Waals surface area (Å²) >= 11 is 0. The molecule has 0 unspecified atom stereocenters. The third kappa shape index (κ3) is 9.88. The van der Waals surface area contributed by atoms with Crippen LogP contribution >= 0.6 is 13.5 Å². The maximum atomic E-state index is 0. The van der Waals surface area contributed by atoms with E-state index in [4.69, 9.17) is 0 Å². The van der Waals surface area contributed by atoms with Crippen LogP contribution < -0.4 is 18.9 Å². The molecule has 0 atom stereocenters. The zero-order valence-corrected chi connectivity index (χ0v) is 3.00. The number of hydrogen-bond donors (Lipinski definition) is 0. The second-order valence-electron chi connectivity index (χ2n) is 0. The van der Waals surface area contributed by atoms with Crippen LogP contribution in [0.15, 0.2) is 0 Å². The quantitative estimate of drug-likeness (QED) is 0.267. The molecule has 0 aliphatic heterocycles. The molecule has 4 heavy (non-hydrogen) atoms. The molecule has 0 aromatic carbocycles. The van der Waals surface area contributed by atoms with Crippen LogP contribution in [-0.4, -0.2) is 22.8 Å². The van der Waals surface area contributed by atoms with Gasteiger partial charge in [0.15, 0.2) is 17.4 Å². The van der Waals surface area contributed by atoms with Crippen molar-refractivity contribution in [3.05, 3.63) is 0 Å². The first kappa shape index (κ1) is 51.7. The third-order valence-corrected chi connectivity index (χ3v) is 0. The molecule has 0 saturated carbocycles. The molecule has 0 heterocycles. The monoisotopic (exact) mass is 90.0 g/mol. The smallest absolute Gasteiger partial charge is 1.00 e. The van der Waals surface area contributed by atoms with Crippen LogP contribution in [0.2, 0.25) is 0 Å². The summed E-state index contributed by atoms with van der Waals surface area (Å²) in [7, 11) is 0. The Bertz CT molecular complexity index is 11.6. The van der Waals surface area contributed by atoms with Crippen molar-refractivity contribution in [2.75, 3.05) is 0 Å². The summed E-state index contributed by atoms with van der Waals surface area (Å²) in [6, 6.07) is 0. The Morgan fingerprint density at radius 1 is 1.25 bits per heavy atom. The molecule has 24 valence electrons. The summed E-state index contributed by atoms with van der Waals surface area (Å²) in [5.74, 6) is 0. The SMILES string of the molecule is O.S.[AlH3].[H-].[Li+]. The van der Waals surface area contributed by atoms with Crippen molar-refractivity contribution in [2.24, 2.45) is 0 Å². The minimum atomic E-state index is 0. The molecular weight excluding hydrogens is 82.0 g/mol. The van der Waals surface area contributed by atoms with E-state index in [0.29, 0.717) is 0 Å². The van der Waals surface area contributed by atoms with Crippen LogP contribution in [0.5, 0.6) is 0 Å². The van der Waals surface area contributed by atoms with Crippen molar-refractivity contribution in [1.29, 1.82) is 0 Å². The topological polar surface area (TPSA) is 31.5 Å². The summed E-state index contributed by atoms with van der Waals surface area (Å²) in [6.45, 7) is 0. The van der Waals surface area contributed by atoms with Crippen LogP contribution in [0.3, 0.4) is 0 Å². The Hall–Kier alpha value is 1.44. The van der Waals surface area contributed by atoms with Gasteiger partial charge in [-0.25, -0.2) is 0 Å². The first-order valence-corrected chi connectivity index (χ1v) is 0. The van der Waals surface area contributed by atoms with Gasteiger partial charge in [-0.2, -0.15) is 13.5 Å². The van der Waals surface area contributed by atoms with Crippen molar-refractivity contribution in [3.63, 3.8) is 0 Å². The van der Waals surface area contributed by atoms with Crippen molar-refractivity contribution in [3.8, 4) is 0 Å². The van der Waals surface area contributed by atoms with Gasteiger partial charge < -0.3 is 6.90 Å². The second kappa shape index (κ2) is 25.3. The molecule has 0 rings (SSSR count). The molecule has 0 fully saturated rings. The first-order valence-electron chi connectivity index (χ1n) is 0. The van der Waals surface area contributed by atoms with E-state index >= 15 is 0 Å². The van der Waals surface area contributed by atoms with Crippen LogP contribution in [0.4, 0.5) is 0 Å². The molecule has 0 aromatic heterocycles. The van der Waals surface area contributed by atoms with Gasteiger partial charge in [0, 0.05) is 0 Å². The summed E-state index contributed by atoms with van der Waals surface area (Å²) in [5, 5.41) is 0. The molecule has 0 spiro atoms. The second-order valence-corrected chi connectivity index (χ2v) is 0. The average molecular weight is 90.1 g/mol. The van der Waals surface area contributed by atoms with Gasteiger partial charge in [0.25, 0.3) is 0 Å². The normalized spacial score (nSPS) is 0. The van der Waals surface area contributed by atoms with Gasteiger partial charge in [0.2, 0.25) is 0 Å². The van der Waals surface area contributed by atoms with E-state index in [0.717, 1.165) is 0 Å². The van der Waals surface area contributed by atoms with Crippen LogP contribution in [-0.2, 0) is 0 Å². The van der Waals surface area contributed by atoms with Crippen molar-refractivity contribution >= 4 is 30.9 Å². The van der Waals surface area contributed by atoms with E-state index < -0.39 is 0 Å². The van der Waals surface area contributed by atoms with Crippen LogP contribution in [0.25, 0.3) is 0 Å². The van der Waals surface area contributed by atoms with Crippen LogP contribution in [0.1, 0.15) is 1.43 Å². The number of hydrogen-bond acceptors (Lipinski definition) is 0. The maximum Gasteiger partial charge on any atom is 1.00 e. The molecule has 4 heteroatoms. The molecular formula is H8AlLiOS. The Labute approximate surface area is 56.7 Å². The Kier molecular flexibility index (Phi) is 328. The molecule has 0 amide bonds. The van der Waals surface area contributed by atoms with Gasteiger partial charge in [0.05, 0.1) is 0 Å². The van der Waals surface area contributed by atoms with E-state index in [1.807, 2.05) is 0 Å². The van der Waals surface area contributed by atoms with E-state index in [9.17, 15) is 0 Å². The molecule has 0 radical (unpaired) electrons. The molecule has 0 aliphatic carbocycles. The van der Waals surface area contributed by atoms with Gasteiger partial charge in [-0.15, -0.1) is 0 Å². The van der Waals surface area contributed by atoms with Gasteiger partial charge in [-0.1, -0.05) is 0 Å². The van der Waals surface area contributed by atoms with Crippen molar-refractivity contribution in [2.45, 2.75) is 0 Å². The average Bonchev–Trinajstić information content (AvgIpc) is 0. The predicted molar refractivity (Wildman–Crippen MR) is 25.0 cm³/mol. The van der Waals surface area contributed by atoms with Crippen molar-refractivity contribution in [1.82, 2.24) is 0 Å². The number of rotatable bonds is 0. The van der Waals surface area contributed by atoms with Crippen LogP contribution in [0, 0.1) is 0 Å². The minimum Gasteiger partial charge on any atom is -1.00 e. The molecule has 0 saturated heterocycles. The standard InChI is InChI=1S/Al.Li.H2O.H2S.4H/h;;2*1H2;;;;/q;+1;;;;;;-1. The maximum absolute atomic E-state index is 0. The fourth-order valence-corrected chi connectivity index (χ4v) is 0. The van der Waals surface area contributed by atoms with E-state index in [-0.39, 0.29) is 56.6 Å². The first-order chi connectivity index (χ1) is 0. The Morgan fingerprint density at radius 2 is 1.25 bits per heavy atom. The van der Waals surface area contributed by atoms with E-state index in [1.54, 1.807) is 0 Å². The van der Waals surface area contributed by atoms with E-state index in [2.05, 4.69) is 0 Å². The molecule has 0 bridgehead atoms. The van der Waals surface area contributed by atoms with Crippen molar-refractivity contribution < 1.29 is 25.8 Å². The van der Waals surface area contributed by atoms with Gasteiger partial charge in [-0.05, 0) is 0 Å². The summed E-state index contributed by atoms with van der Waals surface area (Å²) in [4.78, 5) is 0. The summed E-state index contributed by atoms with van der Waals surface area (Å²) in [6.07, 6.45) is 0. The van der Waals surface area contributed by atoms with Gasteiger partial charge in [-0.3, -0.25) is 0 Å². The molecule has 1 nitrogen and oxygen atoms in total.